The molecule has 1 aromatic carbocycles. The average molecular weight is 440 g/mol. The summed E-state index contributed by atoms with van der Waals surface area (Å²) in [5.41, 5.74) is -0.394. The molecule has 11 heteroatoms. The van der Waals surface area contributed by atoms with Crippen LogP contribution < -0.4 is 21.1 Å². The van der Waals surface area contributed by atoms with Crippen molar-refractivity contribution in [3.8, 4) is 0 Å². The topological polar surface area (TPSA) is 150 Å². The second-order valence-corrected chi connectivity index (χ2v) is 8.29. The zero-order valence-electron chi connectivity index (χ0n) is 17.8. The van der Waals surface area contributed by atoms with Crippen molar-refractivity contribution >= 4 is 35.0 Å². The van der Waals surface area contributed by atoms with Crippen LogP contribution in [0.25, 0.3) is 0 Å². The number of nitrogens with zero attached hydrogens (tertiary/aromatic N) is 3. The number of H-pyrrole nitrogens is 1. The number of aromatic amines is 1. The Hall–Kier alpha value is -3.76. The largest absolute Gasteiger partial charge is 0.337 e. The van der Waals surface area contributed by atoms with Crippen molar-refractivity contribution in [3.63, 3.8) is 0 Å². The number of hydrogen-bond acceptors (Lipinski definition) is 7. The summed E-state index contributed by atoms with van der Waals surface area (Å²) < 4.78 is 0. The predicted molar refractivity (Wildman–Crippen MR) is 118 cm³/mol. The van der Waals surface area contributed by atoms with Gasteiger partial charge in [0.05, 0.1) is 16.4 Å². The van der Waals surface area contributed by atoms with Crippen LogP contribution in [0.2, 0.25) is 0 Å². The summed E-state index contributed by atoms with van der Waals surface area (Å²) in [6.07, 6.45) is 2.79. The second kappa shape index (κ2) is 8.40. The number of hydrogen-bond donors (Lipinski definition) is 3. The van der Waals surface area contributed by atoms with Gasteiger partial charge < -0.3 is 15.5 Å². The van der Waals surface area contributed by atoms with Crippen molar-refractivity contribution in [1.29, 1.82) is 0 Å². The summed E-state index contributed by atoms with van der Waals surface area (Å²) in [5.74, 6) is -1.67. The molecule has 4 rings (SSSR count). The fourth-order valence-corrected chi connectivity index (χ4v) is 4.47. The van der Waals surface area contributed by atoms with Crippen molar-refractivity contribution in [2.24, 2.45) is 0 Å². The number of carbonyl (C=O) groups excluding carboxylic acids is 2. The smallest absolute Gasteiger partial charge is 0.271 e. The predicted octanol–water partition coefficient (Wildman–Crippen LogP) is 2.51. The minimum absolute atomic E-state index is 0.0733. The van der Waals surface area contributed by atoms with Crippen molar-refractivity contribution in [3.05, 3.63) is 50.3 Å². The van der Waals surface area contributed by atoms with Crippen LogP contribution in [-0.4, -0.2) is 38.8 Å². The van der Waals surface area contributed by atoms with Crippen LogP contribution in [0.1, 0.15) is 51.0 Å². The maximum absolute atomic E-state index is 13.0. The first-order chi connectivity index (χ1) is 15.2. The molecule has 3 unspecified atom stereocenters. The Morgan fingerprint density at radius 3 is 2.66 bits per heavy atom. The first-order valence-electron chi connectivity index (χ1n) is 10.5. The Morgan fingerprint density at radius 2 is 1.97 bits per heavy atom. The van der Waals surface area contributed by atoms with Crippen molar-refractivity contribution < 1.29 is 14.5 Å². The third-order valence-corrected chi connectivity index (χ3v) is 6.02. The van der Waals surface area contributed by atoms with Gasteiger partial charge in [-0.05, 0) is 39.2 Å². The normalized spacial score (nSPS) is 22.6. The fraction of sp³-hybridized carbons (Fsp3) is 0.429. The molecule has 0 radical (unpaired) electrons. The molecule has 1 fully saturated rings. The highest BCUT2D eigenvalue weighted by molar-refractivity contribution is 6.04. The first-order valence-corrected chi connectivity index (χ1v) is 10.5. The number of non-ortho nitro benzene ring substituents is 1. The molecule has 3 N–H and O–H groups in total. The van der Waals surface area contributed by atoms with Crippen LogP contribution in [0.5, 0.6) is 0 Å². The highest BCUT2D eigenvalue weighted by atomic mass is 16.6. The van der Waals surface area contributed by atoms with Gasteiger partial charge in [-0.25, -0.2) is 0 Å². The molecule has 0 bridgehead atoms. The van der Waals surface area contributed by atoms with Crippen LogP contribution >= 0.6 is 0 Å². The molecule has 2 aliphatic heterocycles. The van der Waals surface area contributed by atoms with E-state index in [4.69, 9.17) is 0 Å². The minimum Gasteiger partial charge on any atom is -0.337 e. The zero-order chi connectivity index (χ0) is 23.0. The molecule has 0 spiro atoms. The van der Waals surface area contributed by atoms with Gasteiger partial charge >= 0.3 is 0 Å². The van der Waals surface area contributed by atoms with E-state index in [9.17, 15) is 24.5 Å². The van der Waals surface area contributed by atoms with Crippen molar-refractivity contribution in [1.82, 2.24) is 9.97 Å². The Balaban J connectivity index is 1.66. The number of nitro groups is 1. The Kier molecular flexibility index (Phi) is 5.64. The number of amides is 2. The molecule has 2 aliphatic rings. The van der Waals surface area contributed by atoms with Gasteiger partial charge in [0.25, 0.3) is 11.2 Å². The number of piperidine rings is 1. The third kappa shape index (κ3) is 4.05. The molecule has 3 atom stereocenters. The Labute approximate surface area is 183 Å². The fourth-order valence-electron chi connectivity index (χ4n) is 4.47. The molecule has 0 saturated carbocycles. The SMILES string of the molecule is CC1CCCC(C)N1c1nc2c(c(=O)[nH]1)C(C(=O)Nc1cccc([N+](=O)[O-])c1)CC(=O)N2. The van der Waals surface area contributed by atoms with Gasteiger partial charge in [-0.3, -0.25) is 29.5 Å². The molecule has 1 saturated heterocycles. The van der Waals surface area contributed by atoms with Crippen LogP contribution in [0.15, 0.2) is 29.1 Å². The van der Waals surface area contributed by atoms with Gasteiger partial charge in [-0.2, -0.15) is 4.98 Å². The van der Waals surface area contributed by atoms with Crippen LogP contribution in [0.3, 0.4) is 0 Å². The summed E-state index contributed by atoms with van der Waals surface area (Å²) in [5, 5.41) is 16.2. The van der Waals surface area contributed by atoms with E-state index < -0.39 is 28.2 Å². The van der Waals surface area contributed by atoms with E-state index in [1.165, 1.54) is 24.3 Å². The summed E-state index contributed by atoms with van der Waals surface area (Å²) >= 11 is 0. The summed E-state index contributed by atoms with van der Waals surface area (Å²) in [7, 11) is 0. The lowest BCUT2D eigenvalue weighted by atomic mass is 9.92. The number of rotatable bonds is 4. The van der Waals surface area contributed by atoms with Crippen LogP contribution in [0, 0.1) is 10.1 Å². The zero-order valence-corrected chi connectivity index (χ0v) is 17.8. The number of aromatic nitrogens is 2. The quantitative estimate of drug-likeness (QED) is 0.488. The van der Waals surface area contributed by atoms with E-state index in [1.807, 2.05) is 4.90 Å². The molecule has 32 heavy (non-hydrogen) atoms. The molecule has 2 aromatic rings. The van der Waals surface area contributed by atoms with E-state index in [0.717, 1.165) is 19.3 Å². The van der Waals surface area contributed by atoms with Gasteiger partial charge in [-0.1, -0.05) is 6.07 Å². The van der Waals surface area contributed by atoms with E-state index in [0.29, 0.717) is 5.95 Å². The number of fused-ring (bicyclic) bond motifs is 1. The van der Waals surface area contributed by atoms with Gasteiger partial charge in [-0.15, -0.1) is 0 Å². The number of anilines is 3. The standard InChI is InChI=1S/C21H24N6O5/c1-11-5-3-6-12(2)26(11)21-24-18-17(20(30)25-21)15(10-16(28)23-18)19(29)22-13-7-4-8-14(9-13)27(31)32/h4,7-9,11-12,15H,3,5-6,10H2,1-2H3,(H,22,29)(H2,23,24,25,28,30). The molecule has 2 amide bonds. The number of nitrogens with one attached hydrogen (secondary N) is 3. The molecule has 1 aromatic heterocycles. The molecule has 0 aliphatic carbocycles. The Morgan fingerprint density at radius 1 is 1.25 bits per heavy atom. The lowest BCUT2D eigenvalue weighted by Crippen LogP contribution is -2.46. The Bertz CT molecular complexity index is 1140. The van der Waals surface area contributed by atoms with Gasteiger partial charge in [0.15, 0.2) is 0 Å². The van der Waals surface area contributed by atoms with Crippen molar-refractivity contribution in [2.45, 2.75) is 57.5 Å². The number of carbonyl (C=O) groups is 2. The lowest BCUT2D eigenvalue weighted by molar-refractivity contribution is -0.384. The van der Waals surface area contributed by atoms with Gasteiger partial charge in [0, 0.05) is 36.3 Å². The summed E-state index contributed by atoms with van der Waals surface area (Å²) in [6, 6.07) is 5.81. The average Bonchev–Trinajstić information content (AvgIpc) is 2.73. The van der Waals surface area contributed by atoms with E-state index in [1.54, 1.807) is 0 Å². The highest BCUT2D eigenvalue weighted by Crippen LogP contribution is 2.32. The summed E-state index contributed by atoms with van der Waals surface area (Å²) in [4.78, 5) is 58.0. The summed E-state index contributed by atoms with van der Waals surface area (Å²) in [6.45, 7) is 4.12. The maximum atomic E-state index is 13.0. The maximum Gasteiger partial charge on any atom is 0.271 e. The molecule has 3 heterocycles. The number of benzene rings is 1. The first kappa shape index (κ1) is 21.5. The van der Waals surface area contributed by atoms with Crippen LogP contribution in [0.4, 0.5) is 23.1 Å². The van der Waals surface area contributed by atoms with E-state index >= 15 is 0 Å². The van der Waals surface area contributed by atoms with E-state index in [-0.39, 0.29) is 41.3 Å². The van der Waals surface area contributed by atoms with E-state index in [2.05, 4.69) is 34.4 Å². The highest BCUT2D eigenvalue weighted by Gasteiger charge is 2.36. The molecule has 168 valence electrons. The number of nitro benzene ring substituents is 1. The minimum atomic E-state index is -1.07. The van der Waals surface area contributed by atoms with Crippen LogP contribution in [-0.2, 0) is 9.59 Å². The van der Waals surface area contributed by atoms with Gasteiger partial charge in [0.1, 0.15) is 5.82 Å². The van der Waals surface area contributed by atoms with Crippen molar-refractivity contribution in [2.75, 3.05) is 15.5 Å². The monoisotopic (exact) mass is 440 g/mol. The molecule has 11 nitrogen and oxygen atoms in total. The van der Waals surface area contributed by atoms with Gasteiger partial charge in [0.2, 0.25) is 17.8 Å². The molecular formula is C21H24N6O5. The third-order valence-electron chi connectivity index (χ3n) is 6.02. The molecular weight excluding hydrogens is 416 g/mol. The second-order valence-electron chi connectivity index (χ2n) is 8.29. The lowest BCUT2D eigenvalue weighted by Gasteiger charge is -2.39.